The van der Waals surface area contributed by atoms with Crippen LogP contribution in [0.1, 0.15) is 32.3 Å². The van der Waals surface area contributed by atoms with Crippen LogP contribution in [-0.4, -0.2) is 50.5 Å². The molecule has 0 aliphatic heterocycles. The van der Waals surface area contributed by atoms with Crippen LogP contribution in [0.4, 0.5) is 5.69 Å². The average Bonchev–Trinajstić information content (AvgIpc) is 2.75. The van der Waals surface area contributed by atoms with E-state index in [1.165, 1.54) is 23.1 Å². The van der Waals surface area contributed by atoms with Gasteiger partial charge in [-0.1, -0.05) is 66.8 Å². The molecule has 2 aromatic rings. The van der Waals surface area contributed by atoms with Crippen LogP contribution in [0.5, 0.6) is 0 Å². The Bertz CT molecular complexity index is 1110. The molecule has 7 nitrogen and oxygen atoms in total. The van der Waals surface area contributed by atoms with Crippen molar-refractivity contribution in [1.29, 1.82) is 0 Å². The summed E-state index contributed by atoms with van der Waals surface area (Å²) in [5, 5.41) is 3.70. The zero-order valence-electron chi connectivity index (χ0n) is 19.2. The van der Waals surface area contributed by atoms with Gasteiger partial charge in [0.15, 0.2) is 0 Å². The van der Waals surface area contributed by atoms with Crippen molar-refractivity contribution >= 4 is 62.3 Å². The van der Waals surface area contributed by atoms with E-state index in [0.29, 0.717) is 23.6 Å². The molecule has 2 rings (SSSR count). The lowest BCUT2D eigenvalue weighted by atomic mass is 10.1. The Balaban J connectivity index is 2.47. The molecule has 0 saturated carbocycles. The number of anilines is 1. The Morgan fingerprint density at radius 2 is 1.65 bits per heavy atom. The highest BCUT2D eigenvalue weighted by Gasteiger charge is 2.32. The molecule has 0 unspecified atom stereocenters. The van der Waals surface area contributed by atoms with E-state index in [4.69, 9.17) is 34.8 Å². The van der Waals surface area contributed by atoms with Crippen LogP contribution in [0, 0.1) is 0 Å². The molecule has 0 fully saturated rings. The molecule has 11 heteroatoms. The summed E-state index contributed by atoms with van der Waals surface area (Å²) in [5.41, 5.74) is 0.783. The molecule has 2 amide bonds. The fourth-order valence-corrected chi connectivity index (χ4v) is 4.94. The summed E-state index contributed by atoms with van der Waals surface area (Å²) < 4.78 is 26.1. The molecule has 0 radical (unpaired) electrons. The minimum Gasteiger partial charge on any atom is -0.354 e. The Kier molecular flexibility index (Phi) is 10.5. The summed E-state index contributed by atoms with van der Waals surface area (Å²) in [6.45, 7) is 3.66. The van der Waals surface area contributed by atoms with Crippen molar-refractivity contribution in [2.45, 2.75) is 39.3 Å². The number of benzene rings is 2. The fraction of sp³-hybridized carbons (Fsp3) is 0.391. The first-order valence-electron chi connectivity index (χ1n) is 10.7. The van der Waals surface area contributed by atoms with Gasteiger partial charge in [0, 0.05) is 28.2 Å². The topological polar surface area (TPSA) is 86.8 Å². The Hall–Kier alpha value is -2.00. The number of nitrogens with one attached hydrogen (secondary N) is 1. The van der Waals surface area contributed by atoms with E-state index in [1.54, 1.807) is 31.2 Å². The highest BCUT2D eigenvalue weighted by molar-refractivity contribution is 7.92. The number of sulfonamides is 1. The number of carbonyl (C=O) groups is 2. The number of carbonyl (C=O) groups excluding carboxylic acids is 2. The molecule has 0 aliphatic carbocycles. The molecule has 186 valence electrons. The molecule has 0 saturated heterocycles. The van der Waals surface area contributed by atoms with Gasteiger partial charge in [0.25, 0.3) is 0 Å². The number of hydrogen-bond donors (Lipinski definition) is 1. The Labute approximate surface area is 216 Å². The van der Waals surface area contributed by atoms with Crippen LogP contribution in [0.3, 0.4) is 0 Å². The zero-order valence-corrected chi connectivity index (χ0v) is 22.3. The molecule has 0 spiro atoms. The maximum absolute atomic E-state index is 13.6. The van der Waals surface area contributed by atoms with Gasteiger partial charge in [0.1, 0.15) is 12.6 Å². The van der Waals surface area contributed by atoms with Crippen molar-refractivity contribution in [1.82, 2.24) is 10.2 Å². The van der Waals surface area contributed by atoms with Crippen LogP contribution in [0.15, 0.2) is 42.5 Å². The first-order chi connectivity index (χ1) is 16.0. The Morgan fingerprint density at radius 1 is 1.03 bits per heavy atom. The van der Waals surface area contributed by atoms with Gasteiger partial charge in [0.2, 0.25) is 21.8 Å². The van der Waals surface area contributed by atoms with Gasteiger partial charge in [-0.2, -0.15) is 0 Å². The minimum absolute atomic E-state index is 0.0322. The lowest BCUT2D eigenvalue weighted by molar-refractivity contribution is -0.140. The number of amides is 2. The van der Waals surface area contributed by atoms with Crippen LogP contribution < -0.4 is 9.62 Å². The SMILES string of the molecule is CCCNC(=O)[C@H](CC)N(Cc1ccccc1Cl)C(=O)CN(c1cc(Cl)cc(Cl)c1)S(C)(=O)=O. The normalized spacial score (nSPS) is 12.2. The molecule has 0 heterocycles. The van der Waals surface area contributed by atoms with E-state index in [0.717, 1.165) is 17.0 Å². The zero-order chi connectivity index (χ0) is 25.5. The number of rotatable bonds is 11. The largest absolute Gasteiger partial charge is 0.354 e. The number of hydrogen-bond acceptors (Lipinski definition) is 4. The quantitative estimate of drug-likeness (QED) is 0.439. The second kappa shape index (κ2) is 12.6. The van der Waals surface area contributed by atoms with Gasteiger partial charge >= 0.3 is 0 Å². The third kappa shape index (κ3) is 7.77. The lowest BCUT2D eigenvalue weighted by Crippen LogP contribution is -2.52. The first-order valence-corrected chi connectivity index (χ1v) is 13.7. The van der Waals surface area contributed by atoms with Crippen LogP contribution >= 0.6 is 34.8 Å². The first kappa shape index (κ1) is 28.2. The molecule has 2 aromatic carbocycles. The fourth-order valence-electron chi connectivity index (χ4n) is 3.39. The smallest absolute Gasteiger partial charge is 0.244 e. The molecule has 34 heavy (non-hydrogen) atoms. The highest BCUT2D eigenvalue weighted by atomic mass is 35.5. The second-order valence-electron chi connectivity index (χ2n) is 7.73. The summed E-state index contributed by atoms with van der Waals surface area (Å²) in [6.07, 6.45) is 2.05. The maximum atomic E-state index is 13.6. The molecular weight excluding hydrogens is 521 g/mol. The predicted molar refractivity (Wildman–Crippen MR) is 138 cm³/mol. The van der Waals surface area contributed by atoms with Gasteiger partial charge in [0.05, 0.1) is 11.9 Å². The number of nitrogens with zero attached hydrogens (tertiary/aromatic N) is 2. The number of halogens is 3. The Morgan fingerprint density at radius 3 is 2.18 bits per heavy atom. The summed E-state index contributed by atoms with van der Waals surface area (Å²) in [7, 11) is -3.89. The molecule has 0 bridgehead atoms. The molecule has 0 aromatic heterocycles. The second-order valence-corrected chi connectivity index (χ2v) is 10.9. The van der Waals surface area contributed by atoms with Crippen molar-refractivity contribution < 1.29 is 18.0 Å². The van der Waals surface area contributed by atoms with E-state index < -0.39 is 28.5 Å². The molecular formula is C23H28Cl3N3O4S. The van der Waals surface area contributed by atoms with Gasteiger partial charge in [-0.3, -0.25) is 13.9 Å². The minimum atomic E-state index is -3.89. The summed E-state index contributed by atoms with van der Waals surface area (Å²) in [6, 6.07) is 10.4. The van der Waals surface area contributed by atoms with Crippen LogP contribution in [0.25, 0.3) is 0 Å². The van der Waals surface area contributed by atoms with Gasteiger partial charge < -0.3 is 10.2 Å². The van der Waals surface area contributed by atoms with Gasteiger partial charge in [-0.25, -0.2) is 8.42 Å². The van der Waals surface area contributed by atoms with Crippen LogP contribution in [0.2, 0.25) is 15.1 Å². The predicted octanol–water partition coefficient (Wildman–Crippen LogP) is 4.75. The molecule has 1 atom stereocenters. The highest BCUT2D eigenvalue weighted by Crippen LogP contribution is 2.28. The summed E-state index contributed by atoms with van der Waals surface area (Å²) in [5.74, 6) is -0.888. The van der Waals surface area contributed by atoms with E-state index in [-0.39, 0.29) is 28.2 Å². The van der Waals surface area contributed by atoms with Crippen molar-refractivity contribution in [3.63, 3.8) is 0 Å². The van der Waals surface area contributed by atoms with Crippen molar-refractivity contribution in [2.75, 3.05) is 23.7 Å². The standard InChI is InChI=1S/C23H28Cl3N3O4S/c1-4-10-27-23(31)21(5-2)28(14-16-8-6-7-9-20(16)26)22(30)15-29(34(3,32)33)19-12-17(24)11-18(25)13-19/h6-9,11-13,21H,4-5,10,14-15H2,1-3H3,(H,27,31)/t21-/m0/s1. The van der Waals surface area contributed by atoms with Crippen molar-refractivity contribution in [2.24, 2.45) is 0 Å². The summed E-state index contributed by atoms with van der Waals surface area (Å²) in [4.78, 5) is 27.8. The molecule has 0 aliphatic rings. The maximum Gasteiger partial charge on any atom is 0.244 e. The lowest BCUT2D eigenvalue weighted by Gasteiger charge is -2.33. The molecule has 1 N–H and O–H groups in total. The van der Waals surface area contributed by atoms with Crippen LogP contribution in [-0.2, 0) is 26.2 Å². The van der Waals surface area contributed by atoms with E-state index >= 15 is 0 Å². The third-order valence-electron chi connectivity index (χ3n) is 5.05. The monoisotopic (exact) mass is 547 g/mol. The van der Waals surface area contributed by atoms with E-state index in [1.807, 2.05) is 6.92 Å². The van der Waals surface area contributed by atoms with Crippen molar-refractivity contribution in [3.05, 3.63) is 63.1 Å². The third-order valence-corrected chi connectivity index (χ3v) is 6.99. The average molecular weight is 549 g/mol. The van der Waals surface area contributed by atoms with Gasteiger partial charge in [-0.05, 0) is 42.7 Å². The van der Waals surface area contributed by atoms with Gasteiger partial charge in [-0.15, -0.1) is 0 Å². The van der Waals surface area contributed by atoms with E-state index in [9.17, 15) is 18.0 Å². The summed E-state index contributed by atoms with van der Waals surface area (Å²) >= 11 is 18.4. The van der Waals surface area contributed by atoms with Crippen molar-refractivity contribution in [3.8, 4) is 0 Å². The van der Waals surface area contributed by atoms with E-state index in [2.05, 4.69) is 5.32 Å².